The van der Waals surface area contributed by atoms with E-state index in [1.807, 2.05) is 7.05 Å². The van der Waals surface area contributed by atoms with Crippen LogP contribution in [0.1, 0.15) is 17.4 Å². The number of nitrogens with zero attached hydrogens (tertiary/aromatic N) is 2. The zero-order chi connectivity index (χ0) is 12.4. The van der Waals surface area contributed by atoms with Gasteiger partial charge in [-0.15, -0.1) is 0 Å². The molecule has 0 spiro atoms. The Bertz CT molecular complexity index is 526. The van der Waals surface area contributed by atoms with Gasteiger partial charge in [0.25, 0.3) is 0 Å². The summed E-state index contributed by atoms with van der Waals surface area (Å²) in [5.74, 6) is 5.82. The van der Waals surface area contributed by atoms with E-state index in [4.69, 9.17) is 5.84 Å². The highest BCUT2D eigenvalue weighted by Crippen LogP contribution is 2.26. The maximum Gasteiger partial charge on any atom is 0.142 e. The van der Waals surface area contributed by atoms with E-state index >= 15 is 0 Å². The molecule has 0 saturated carbocycles. The van der Waals surface area contributed by atoms with Gasteiger partial charge in [0, 0.05) is 25.0 Å². The SMILES string of the molecule is Cn1ccnc1C(NN)c1cccc(Br)c1F. The van der Waals surface area contributed by atoms with Crippen LogP contribution in [0.25, 0.3) is 0 Å². The summed E-state index contributed by atoms with van der Waals surface area (Å²) in [4.78, 5) is 4.17. The van der Waals surface area contributed by atoms with E-state index < -0.39 is 6.04 Å². The van der Waals surface area contributed by atoms with Crippen LogP contribution < -0.4 is 11.3 Å². The fourth-order valence-corrected chi connectivity index (χ4v) is 2.08. The Morgan fingerprint density at radius 1 is 1.53 bits per heavy atom. The van der Waals surface area contributed by atoms with Crippen LogP contribution >= 0.6 is 15.9 Å². The van der Waals surface area contributed by atoms with E-state index in [0.29, 0.717) is 15.9 Å². The van der Waals surface area contributed by atoms with Crippen LogP contribution in [-0.4, -0.2) is 9.55 Å². The number of aromatic nitrogens is 2. The molecule has 6 heteroatoms. The molecule has 2 rings (SSSR count). The second kappa shape index (κ2) is 4.95. The lowest BCUT2D eigenvalue weighted by molar-refractivity contribution is 0.530. The fourth-order valence-electron chi connectivity index (χ4n) is 1.70. The Balaban J connectivity index is 2.50. The zero-order valence-corrected chi connectivity index (χ0v) is 10.8. The molecule has 90 valence electrons. The number of imidazole rings is 1. The minimum Gasteiger partial charge on any atom is -0.336 e. The van der Waals surface area contributed by atoms with Crippen LogP contribution in [0.5, 0.6) is 0 Å². The highest BCUT2D eigenvalue weighted by Gasteiger charge is 2.21. The second-order valence-electron chi connectivity index (χ2n) is 3.64. The first kappa shape index (κ1) is 12.2. The highest BCUT2D eigenvalue weighted by molar-refractivity contribution is 9.10. The fraction of sp³-hybridized carbons (Fsp3) is 0.182. The van der Waals surface area contributed by atoms with Crippen molar-refractivity contribution in [3.63, 3.8) is 0 Å². The van der Waals surface area contributed by atoms with E-state index in [2.05, 4.69) is 26.3 Å². The first-order chi connectivity index (χ1) is 8.15. The third-order valence-corrected chi connectivity index (χ3v) is 3.19. The van der Waals surface area contributed by atoms with Crippen molar-refractivity contribution >= 4 is 15.9 Å². The molecule has 3 N–H and O–H groups in total. The number of hydrogen-bond donors (Lipinski definition) is 2. The molecule has 0 radical (unpaired) electrons. The molecule has 0 saturated heterocycles. The van der Waals surface area contributed by atoms with Gasteiger partial charge >= 0.3 is 0 Å². The van der Waals surface area contributed by atoms with Gasteiger partial charge in [-0.1, -0.05) is 12.1 Å². The largest absolute Gasteiger partial charge is 0.336 e. The standard InChI is InChI=1S/C11H12BrFN4/c1-17-6-5-15-11(17)10(16-14)7-3-2-4-8(12)9(7)13/h2-6,10,16H,14H2,1H3. The quantitative estimate of drug-likeness (QED) is 0.672. The Morgan fingerprint density at radius 2 is 2.29 bits per heavy atom. The number of nitrogens with two attached hydrogens (primary N) is 1. The second-order valence-corrected chi connectivity index (χ2v) is 4.49. The molecule has 0 aliphatic heterocycles. The summed E-state index contributed by atoms with van der Waals surface area (Å²) in [6, 6.07) is 4.60. The summed E-state index contributed by atoms with van der Waals surface area (Å²) in [5.41, 5.74) is 3.04. The van der Waals surface area contributed by atoms with Crippen molar-refractivity contribution in [3.05, 3.63) is 52.3 Å². The summed E-state index contributed by atoms with van der Waals surface area (Å²) in [7, 11) is 1.84. The van der Waals surface area contributed by atoms with Gasteiger partial charge < -0.3 is 4.57 Å². The lowest BCUT2D eigenvalue weighted by atomic mass is 10.1. The number of rotatable bonds is 3. The van der Waals surface area contributed by atoms with Gasteiger partial charge in [0.15, 0.2) is 0 Å². The molecular formula is C11H12BrFN4. The number of halogens is 2. The molecule has 1 heterocycles. The molecule has 1 aromatic heterocycles. The molecule has 1 atom stereocenters. The lowest BCUT2D eigenvalue weighted by Gasteiger charge is -2.17. The van der Waals surface area contributed by atoms with Crippen LogP contribution in [-0.2, 0) is 7.05 Å². The Hall–Kier alpha value is -1.24. The van der Waals surface area contributed by atoms with Crippen molar-refractivity contribution in [3.8, 4) is 0 Å². The van der Waals surface area contributed by atoms with Crippen molar-refractivity contribution < 1.29 is 4.39 Å². The minimum atomic E-state index is -0.479. The van der Waals surface area contributed by atoms with Crippen molar-refractivity contribution in [1.82, 2.24) is 15.0 Å². The van der Waals surface area contributed by atoms with Gasteiger partial charge in [-0.25, -0.2) is 14.8 Å². The molecule has 2 aromatic rings. The van der Waals surface area contributed by atoms with Gasteiger partial charge in [-0.05, 0) is 22.0 Å². The maximum atomic E-state index is 14.0. The molecule has 1 aromatic carbocycles. The smallest absolute Gasteiger partial charge is 0.142 e. The summed E-state index contributed by atoms with van der Waals surface area (Å²) in [6.45, 7) is 0. The number of aryl methyl sites for hydroxylation is 1. The first-order valence-electron chi connectivity index (χ1n) is 5.02. The third kappa shape index (κ3) is 2.24. The predicted octanol–water partition coefficient (Wildman–Crippen LogP) is 1.87. The number of nitrogens with one attached hydrogen (secondary N) is 1. The van der Waals surface area contributed by atoms with Gasteiger partial charge in [0.05, 0.1) is 4.47 Å². The average molecular weight is 299 g/mol. The van der Waals surface area contributed by atoms with Crippen molar-refractivity contribution in [2.45, 2.75) is 6.04 Å². The van der Waals surface area contributed by atoms with Crippen molar-refractivity contribution in [2.75, 3.05) is 0 Å². The maximum absolute atomic E-state index is 14.0. The van der Waals surface area contributed by atoms with E-state index in [9.17, 15) is 4.39 Å². The van der Waals surface area contributed by atoms with E-state index in [0.717, 1.165) is 0 Å². The molecule has 0 fully saturated rings. The van der Waals surface area contributed by atoms with Gasteiger partial charge in [0.2, 0.25) is 0 Å². The van der Waals surface area contributed by atoms with Gasteiger partial charge in [-0.3, -0.25) is 5.84 Å². The van der Waals surface area contributed by atoms with E-state index in [1.165, 1.54) is 0 Å². The van der Waals surface area contributed by atoms with Crippen LogP contribution in [0.15, 0.2) is 35.1 Å². The zero-order valence-electron chi connectivity index (χ0n) is 9.19. The van der Waals surface area contributed by atoms with E-state index in [1.54, 1.807) is 35.2 Å². The molecular weight excluding hydrogens is 287 g/mol. The van der Waals surface area contributed by atoms with Crippen molar-refractivity contribution in [1.29, 1.82) is 0 Å². The molecule has 0 amide bonds. The topological polar surface area (TPSA) is 55.9 Å². The Kier molecular flexibility index (Phi) is 3.56. The third-order valence-electron chi connectivity index (χ3n) is 2.58. The minimum absolute atomic E-state index is 0.335. The predicted molar refractivity (Wildman–Crippen MR) is 66.5 cm³/mol. The number of hydrazine groups is 1. The number of benzene rings is 1. The monoisotopic (exact) mass is 298 g/mol. The van der Waals surface area contributed by atoms with E-state index in [-0.39, 0.29) is 5.82 Å². The molecule has 17 heavy (non-hydrogen) atoms. The average Bonchev–Trinajstić information content (AvgIpc) is 2.72. The van der Waals surface area contributed by atoms with Gasteiger partial charge in [0.1, 0.15) is 17.7 Å². The lowest BCUT2D eigenvalue weighted by Crippen LogP contribution is -2.31. The summed E-state index contributed by atoms with van der Waals surface area (Å²) in [6.07, 6.45) is 3.44. The van der Waals surface area contributed by atoms with Crippen LogP contribution in [0.3, 0.4) is 0 Å². The molecule has 4 nitrogen and oxygen atoms in total. The molecule has 1 unspecified atom stereocenters. The van der Waals surface area contributed by atoms with Crippen LogP contribution in [0, 0.1) is 5.82 Å². The molecule has 0 bridgehead atoms. The van der Waals surface area contributed by atoms with Crippen molar-refractivity contribution in [2.24, 2.45) is 12.9 Å². The first-order valence-corrected chi connectivity index (χ1v) is 5.81. The summed E-state index contributed by atoms with van der Waals surface area (Å²) < 4.78 is 16.2. The summed E-state index contributed by atoms with van der Waals surface area (Å²) >= 11 is 3.15. The number of hydrogen-bond acceptors (Lipinski definition) is 3. The van der Waals surface area contributed by atoms with Crippen LogP contribution in [0.4, 0.5) is 4.39 Å². The normalized spacial score (nSPS) is 12.7. The Labute approximate surface area is 107 Å². The van der Waals surface area contributed by atoms with Gasteiger partial charge in [-0.2, -0.15) is 0 Å². The molecule has 0 aliphatic carbocycles. The highest BCUT2D eigenvalue weighted by atomic mass is 79.9. The molecule has 0 aliphatic rings. The van der Waals surface area contributed by atoms with Crippen LogP contribution in [0.2, 0.25) is 0 Å². The Morgan fingerprint density at radius 3 is 2.88 bits per heavy atom. The summed E-state index contributed by atoms with van der Waals surface area (Å²) in [5, 5.41) is 0.